The molecule has 0 saturated heterocycles. The Kier molecular flexibility index (Phi) is 4.15. The molecule has 1 N–H and O–H groups in total. The van der Waals surface area contributed by atoms with Crippen LogP contribution in [0, 0.1) is 23.2 Å². The van der Waals surface area contributed by atoms with Gasteiger partial charge in [0.1, 0.15) is 11.4 Å². The minimum absolute atomic E-state index is 0.137. The van der Waals surface area contributed by atoms with Gasteiger partial charge in [0.05, 0.1) is 6.20 Å². The van der Waals surface area contributed by atoms with Crippen LogP contribution in [-0.2, 0) is 0 Å². The molecule has 1 amide bonds. The minimum Gasteiger partial charge on any atom is -0.345 e. The number of rotatable bonds is 2. The monoisotopic (exact) mass is 350 g/mol. The standard InChI is InChI=1S/C20H19FN4O/c21-17-4-1-3-15(24-17)5-8-19-6-2-7-20(14-19,10-9-19)25-18(26)16-13-22-11-12-23-16/h1,3-4,11-13H,2,6-7,9-10,14H2,(H,25,26). The van der Waals surface area contributed by atoms with Crippen LogP contribution in [0.1, 0.15) is 54.7 Å². The van der Waals surface area contributed by atoms with E-state index in [0.717, 1.165) is 38.5 Å². The number of aromatic nitrogens is 3. The van der Waals surface area contributed by atoms with E-state index in [1.54, 1.807) is 18.3 Å². The van der Waals surface area contributed by atoms with Crippen molar-refractivity contribution in [1.82, 2.24) is 20.3 Å². The Balaban J connectivity index is 1.52. The number of nitrogens with one attached hydrogen (secondary N) is 1. The van der Waals surface area contributed by atoms with Crippen LogP contribution in [0.4, 0.5) is 4.39 Å². The van der Waals surface area contributed by atoms with Crippen LogP contribution in [0.3, 0.4) is 0 Å². The maximum atomic E-state index is 13.2. The molecule has 0 aromatic carbocycles. The average molecular weight is 350 g/mol. The molecule has 2 fully saturated rings. The quantitative estimate of drug-likeness (QED) is 0.668. The molecule has 2 aliphatic carbocycles. The van der Waals surface area contributed by atoms with Gasteiger partial charge in [-0.05, 0) is 56.6 Å². The van der Waals surface area contributed by atoms with Gasteiger partial charge >= 0.3 is 0 Å². The second-order valence-corrected chi connectivity index (χ2v) is 7.23. The van der Waals surface area contributed by atoms with E-state index in [4.69, 9.17) is 0 Å². The van der Waals surface area contributed by atoms with Crippen LogP contribution >= 0.6 is 0 Å². The maximum Gasteiger partial charge on any atom is 0.271 e. The molecule has 4 rings (SSSR count). The lowest BCUT2D eigenvalue weighted by molar-refractivity contribution is 0.0866. The molecule has 0 radical (unpaired) electrons. The predicted molar refractivity (Wildman–Crippen MR) is 93.4 cm³/mol. The molecule has 0 spiro atoms. The third kappa shape index (κ3) is 3.30. The molecule has 2 aromatic rings. The lowest BCUT2D eigenvalue weighted by Gasteiger charge is -2.37. The van der Waals surface area contributed by atoms with Crippen molar-refractivity contribution in [3.05, 3.63) is 54.1 Å². The van der Waals surface area contributed by atoms with Gasteiger partial charge in [-0.15, -0.1) is 0 Å². The summed E-state index contributed by atoms with van der Waals surface area (Å²) in [5.74, 6) is 5.69. The summed E-state index contributed by atoms with van der Waals surface area (Å²) < 4.78 is 13.2. The summed E-state index contributed by atoms with van der Waals surface area (Å²) >= 11 is 0. The Bertz CT molecular complexity index is 891. The molecule has 2 bridgehead atoms. The fourth-order valence-corrected chi connectivity index (χ4v) is 4.23. The first kappa shape index (κ1) is 16.6. The summed E-state index contributed by atoms with van der Waals surface area (Å²) in [6.07, 6.45) is 10.1. The van der Waals surface area contributed by atoms with E-state index in [2.05, 4.69) is 32.1 Å². The number of pyridine rings is 1. The number of nitrogens with zero attached hydrogens (tertiary/aromatic N) is 3. The summed E-state index contributed by atoms with van der Waals surface area (Å²) in [5.41, 5.74) is 0.407. The summed E-state index contributed by atoms with van der Waals surface area (Å²) in [7, 11) is 0. The molecular formula is C20H19FN4O. The molecule has 6 heteroatoms. The molecule has 26 heavy (non-hydrogen) atoms. The minimum atomic E-state index is -0.519. The number of carbonyl (C=O) groups is 1. The number of carbonyl (C=O) groups excluding carboxylic acids is 1. The van der Waals surface area contributed by atoms with Gasteiger partial charge in [0.25, 0.3) is 5.91 Å². The smallest absolute Gasteiger partial charge is 0.271 e. The highest BCUT2D eigenvalue weighted by Crippen LogP contribution is 2.53. The molecule has 2 aromatic heterocycles. The molecule has 0 aliphatic heterocycles. The van der Waals surface area contributed by atoms with E-state index in [-0.39, 0.29) is 16.9 Å². The van der Waals surface area contributed by atoms with Crippen molar-refractivity contribution in [1.29, 1.82) is 0 Å². The average Bonchev–Trinajstić information content (AvgIpc) is 2.91. The van der Waals surface area contributed by atoms with Gasteiger partial charge < -0.3 is 5.32 Å². The third-order valence-electron chi connectivity index (χ3n) is 5.41. The van der Waals surface area contributed by atoms with Crippen molar-refractivity contribution >= 4 is 5.91 Å². The molecule has 2 saturated carbocycles. The first-order valence-electron chi connectivity index (χ1n) is 8.83. The number of halogens is 1. The fourth-order valence-electron chi connectivity index (χ4n) is 4.23. The number of amides is 1. The van der Waals surface area contributed by atoms with Crippen molar-refractivity contribution in [3.8, 4) is 11.8 Å². The van der Waals surface area contributed by atoms with Crippen LogP contribution < -0.4 is 5.32 Å². The first-order valence-corrected chi connectivity index (χ1v) is 8.83. The molecule has 2 atom stereocenters. The molecule has 2 heterocycles. The lowest BCUT2D eigenvalue weighted by Crippen LogP contribution is -2.49. The van der Waals surface area contributed by atoms with Crippen LogP contribution in [0.15, 0.2) is 36.8 Å². The van der Waals surface area contributed by atoms with E-state index < -0.39 is 5.95 Å². The highest BCUT2D eigenvalue weighted by Gasteiger charge is 2.51. The molecule has 2 aliphatic rings. The van der Waals surface area contributed by atoms with E-state index in [0.29, 0.717) is 11.4 Å². The summed E-state index contributed by atoms with van der Waals surface area (Å²) in [5, 5.41) is 3.19. The first-order chi connectivity index (χ1) is 12.6. The Labute approximate surface area is 151 Å². The van der Waals surface area contributed by atoms with Crippen LogP contribution in [0.25, 0.3) is 0 Å². The van der Waals surface area contributed by atoms with Gasteiger partial charge in [0, 0.05) is 23.3 Å². The van der Waals surface area contributed by atoms with Crippen molar-refractivity contribution < 1.29 is 9.18 Å². The Morgan fingerprint density at radius 1 is 1.19 bits per heavy atom. The fraction of sp³-hybridized carbons (Fsp3) is 0.400. The van der Waals surface area contributed by atoms with Crippen LogP contribution in [0.5, 0.6) is 0 Å². The highest BCUT2D eigenvalue weighted by molar-refractivity contribution is 5.92. The Morgan fingerprint density at radius 2 is 2.12 bits per heavy atom. The largest absolute Gasteiger partial charge is 0.345 e. The van der Waals surface area contributed by atoms with Gasteiger partial charge in [-0.1, -0.05) is 12.0 Å². The van der Waals surface area contributed by atoms with Crippen LogP contribution in [0.2, 0.25) is 0 Å². The number of hydrogen-bond acceptors (Lipinski definition) is 4. The SMILES string of the molecule is O=C(NC12CCCC(C#Cc3cccc(F)n3)(CC1)C2)c1cnccn1. The maximum absolute atomic E-state index is 13.2. The third-order valence-corrected chi connectivity index (χ3v) is 5.41. The molecule has 5 nitrogen and oxygen atoms in total. The van der Waals surface area contributed by atoms with Gasteiger partial charge in [0.15, 0.2) is 0 Å². The van der Waals surface area contributed by atoms with Gasteiger partial charge in [-0.25, -0.2) is 9.97 Å². The van der Waals surface area contributed by atoms with Gasteiger partial charge in [-0.3, -0.25) is 9.78 Å². The lowest BCUT2D eigenvalue weighted by atomic mass is 9.73. The van der Waals surface area contributed by atoms with Gasteiger partial charge in [-0.2, -0.15) is 4.39 Å². The summed E-state index contributed by atoms with van der Waals surface area (Å²) in [4.78, 5) is 24.4. The second kappa shape index (κ2) is 6.49. The van der Waals surface area contributed by atoms with Crippen LogP contribution in [-0.4, -0.2) is 26.4 Å². The summed E-state index contributed by atoms with van der Waals surface area (Å²) in [6, 6.07) is 4.64. The van der Waals surface area contributed by atoms with Crippen molar-refractivity contribution in [3.63, 3.8) is 0 Å². The molecular weight excluding hydrogens is 331 g/mol. The topological polar surface area (TPSA) is 67.8 Å². The molecule has 132 valence electrons. The molecule has 2 unspecified atom stereocenters. The Morgan fingerprint density at radius 3 is 2.92 bits per heavy atom. The zero-order valence-corrected chi connectivity index (χ0v) is 14.3. The zero-order valence-electron chi connectivity index (χ0n) is 14.3. The predicted octanol–water partition coefficient (Wildman–Crippen LogP) is 2.89. The number of fused-ring (bicyclic) bond motifs is 2. The van der Waals surface area contributed by atoms with E-state index >= 15 is 0 Å². The van der Waals surface area contributed by atoms with Crippen molar-refractivity contribution in [2.75, 3.05) is 0 Å². The van der Waals surface area contributed by atoms with Crippen molar-refractivity contribution in [2.24, 2.45) is 5.41 Å². The highest BCUT2D eigenvalue weighted by atomic mass is 19.1. The van der Waals surface area contributed by atoms with Gasteiger partial charge in [0.2, 0.25) is 5.95 Å². The second-order valence-electron chi connectivity index (χ2n) is 7.23. The van der Waals surface area contributed by atoms with E-state index in [1.165, 1.54) is 18.5 Å². The zero-order chi connectivity index (χ0) is 18.0. The normalized spacial score (nSPS) is 26.7. The van der Waals surface area contributed by atoms with E-state index in [1.807, 2.05) is 0 Å². The number of hydrogen-bond donors (Lipinski definition) is 1. The van der Waals surface area contributed by atoms with Crippen molar-refractivity contribution in [2.45, 2.75) is 44.1 Å². The summed E-state index contributed by atoms with van der Waals surface area (Å²) in [6.45, 7) is 0. The van der Waals surface area contributed by atoms with E-state index in [9.17, 15) is 9.18 Å². The Hall–Kier alpha value is -2.81.